The Balaban J connectivity index is 1.63. The van der Waals surface area contributed by atoms with E-state index in [9.17, 15) is 19.8 Å². The zero-order chi connectivity index (χ0) is 22.8. The fraction of sp³-hybridized carbons (Fsp3) is 0.409. The van der Waals surface area contributed by atoms with Crippen LogP contribution in [0.5, 0.6) is 0 Å². The zero-order valence-corrected chi connectivity index (χ0v) is 17.8. The molecule has 1 aromatic rings. The van der Waals surface area contributed by atoms with Crippen molar-refractivity contribution in [3.05, 3.63) is 59.9 Å². The Labute approximate surface area is 186 Å². The summed E-state index contributed by atoms with van der Waals surface area (Å²) in [5.41, 5.74) is 7.25. The minimum absolute atomic E-state index is 0.0282. The number of benzene rings is 1. The molecule has 3 heterocycles. The van der Waals surface area contributed by atoms with Crippen molar-refractivity contribution in [1.29, 1.82) is 0 Å². The van der Waals surface area contributed by atoms with Gasteiger partial charge in [-0.25, -0.2) is 4.99 Å². The summed E-state index contributed by atoms with van der Waals surface area (Å²) in [7, 11) is 0. The number of hydrogen-bond donors (Lipinski definition) is 5. The fourth-order valence-electron chi connectivity index (χ4n) is 4.27. The molecule has 32 heavy (non-hydrogen) atoms. The summed E-state index contributed by atoms with van der Waals surface area (Å²) in [6, 6.07) is 8.03. The Morgan fingerprint density at radius 1 is 1.31 bits per heavy atom. The summed E-state index contributed by atoms with van der Waals surface area (Å²) in [5, 5.41) is 26.1. The van der Waals surface area contributed by atoms with E-state index >= 15 is 0 Å². The number of guanidine groups is 1. The Morgan fingerprint density at radius 2 is 2.06 bits per heavy atom. The van der Waals surface area contributed by atoms with E-state index in [1.807, 2.05) is 47.5 Å². The minimum Gasteiger partial charge on any atom is -0.391 e. The lowest BCUT2D eigenvalue weighted by atomic mass is 9.94. The van der Waals surface area contributed by atoms with Crippen molar-refractivity contribution in [2.24, 2.45) is 10.7 Å². The van der Waals surface area contributed by atoms with Crippen LogP contribution >= 0.6 is 0 Å². The number of aliphatic hydroxyl groups is 2. The number of aliphatic hydroxyl groups excluding tert-OH is 2. The van der Waals surface area contributed by atoms with E-state index in [1.54, 1.807) is 6.20 Å². The first-order valence-electron chi connectivity index (χ1n) is 10.6. The van der Waals surface area contributed by atoms with E-state index in [2.05, 4.69) is 15.6 Å². The predicted octanol–water partition coefficient (Wildman–Crippen LogP) is -1.03. The Kier molecular flexibility index (Phi) is 6.26. The first kappa shape index (κ1) is 22.0. The van der Waals surface area contributed by atoms with E-state index in [-0.39, 0.29) is 18.4 Å². The van der Waals surface area contributed by atoms with Gasteiger partial charge < -0.3 is 25.7 Å². The molecular formula is C22H28N6O4. The minimum atomic E-state index is -1.25. The van der Waals surface area contributed by atoms with Crippen molar-refractivity contribution in [2.45, 2.75) is 50.3 Å². The SMILES string of the molecule is CC(O)C(O)C1CNC2N=C(N)NC(=O)C2N1C(=O)C1=CN(Cc2ccccc2)C=CC1. The van der Waals surface area contributed by atoms with Gasteiger partial charge in [0.1, 0.15) is 18.3 Å². The van der Waals surface area contributed by atoms with Crippen LogP contribution in [0.2, 0.25) is 0 Å². The van der Waals surface area contributed by atoms with Crippen LogP contribution in [0.25, 0.3) is 0 Å². The number of carbonyl (C=O) groups excluding carboxylic acids is 2. The molecular weight excluding hydrogens is 412 g/mol. The van der Waals surface area contributed by atoms with Gasteiger partial charge in [0, 0.05) is 31.1 Å². The van der Waals surface area contributed by atoms with E-state index in [0.717, 1.165) is 5.56 Å². The second kappa shape index (κ2) is 9.11. The van der Waals surface area contributed by atoms with Gasteiger partial charge in [-0.3, -0.25) is 20.2 Å². The van der Waals surface area contributed by atoms with Gasteiger partial charge in [-0.05, 0) is 18.9 Å². The van der Waals surface area contributed by atoms with Gasteiger partial charge in [-0.15, -0.1) is 0 Å². The van der Waals surface area contributed by atoms with Gasteiger partial charge in [0.25, 0.3) is 11.8 Å². The summed E-state index contributed by atoms with van der Waals surface area (Å²) in [6.45, 7) is 2.18. The topological polar surface area (TPSA) is 144 Å². The lowest BCUT2D eigenvalue weighted by molar-refractivity contribution is -0.150. The number of fused-ring (bicyclic) bond motifs is 1. The maximum Gasteiger partial charge on any atom is 0.253 e. The third-order valence-electron chi connectivity index (χ3n) is 5.85. The van der Waals surface area contributed by atoms with Crippen LogP contribution in [-0.4, -0.2) is 74.8 Å². The van der Waals surface area contributed by atoms with Crippen LogP contribution in [0.3, 0.4) is 0 Å². The van der Waals surface area contributed by atoms with Gasteiger partial charge in [0.15, 0.2) is 5.96 Å². The van der Waals surface area contributed by atoms with Crippen molar-refractivity contribution < 1.29 is 19.8 Å². The molecule has 0 radical (unpaired) electrons. The van der Waals surface area contributed by atoms with Crippen LogP contribution in [0.1, 0.15) is 18.9 Å². The maximum absolute atomic E-state index is 13.7. The third kappa shape index (κ3) is 4.38. The molecule has 1 aromatic carbocycles. The number of piperazine rings is 1. The first-order valence-corrected chi connectivity index (χ1v) is 10.6. The zero-order valence-electron chi connectivity index (χ0n) is 17.8. The molecule has 4 rings (SSSR count). The highest BCUT2D eigenvalue weighted by molar-refractivity contribution is 6.04. The number of hydrogen-bond acceptors (Lipinski definition) is 8. The molecule has 0 aromatic heterocycles. The molecule has 6 N–H and O–H groups in total. The molecule has 10 heteroatoms. The van der Waals surface area contributed by atoms with Crippen LogP contribution in [0.4, 0.5) is 0 Å². The highest BCUT2D eigenvalue weighted by atomic mass is 16.3. The number of nitrogens with two attached hydrogens (primary N) is 1. The van der Waals surface area contributed by atoms with E-state index < -0.39 is 36.4 Å². The highest BCUT2D eigenvalue weighted by Crippen LogP contribution is 2.26. The standard InChI is InChI=1S/C22H28N6O4/c1-13(29)18(30)16-10-24-19-17(20(31)26-22(23)25-19)28(16)21(32)15-8-5-9-27(12-15)11-14-6-3-2-4-7-14/h2-7,9,12-13,16-19,24,29-30H,8,10-11H2,1H3,(H3,23,25,26,31). The predicted molar refractivity (Wildman–Crippen MR) is 117 cm³/mol. The molecule has 1 fully saturated rings. The maximum atomic E-state index is 13.7. The number of amides is 2. The van der Waals surface area contributed by atoms with Gasteiger partial charge in [0.05, 0.1) is 12.1 Å². The Bertz CT molecular complexity index is 960. The highest BCUT2D eigenvalue weighted by Gasteiger charge is 2.49. The number of aliphatic imine (C=N–C) groups is 1. The largest absolute Gasteiger partial charge is 0.391 e. The molecule has 5 unspecified atom stereocenters. The molecule has 5 atom stereocenters. The van der Waals surface area contributed by atoms with Crippen LogP contribution in [0, 0.1) is 0 Å². The van der Waals surface area contributed by atoms with E-state index in [1.165, 1.54) is 11.8 Å². The Morgan fingerprint density at radius 3 is 2.78 bits per heavy atom. The van der Waals surface area contributed by atoms with Crippen LogP contribution < -0.4 is 16.4 Å². The number of allylic oxidation sites excluding steroid dienone is 1. The summed E-state index contributed by atoms with van der Waals surface area (Å²) in [5.74, 6) is -0.905. The number of rotatable bonds is 5. The second-order valence-corrected chi connectivity index (χ2v) is 8.21. The molecule has 10 nitrogen and oxygen atoms in total. The van der Waals surface area contributed by atoms with Crippen molar-refractivity contribution in [2.75, 3.05) is 6.54 Å². The normalized spacial score (nSPS) is 27.1. The number of carbonyl (C=O) groups is 2. The van der Waals surface area contributed by atoms with Crippen molar-refractivity contribution in [1.82, 2.24) is 20.4 Å². The number of nitrogens with zero attached hydrogens (tertiary/aromatic N) is 3. The molecule has 0 spiro atoms. The van der Waals surface area contributed by atoms with Crippen LogP contribution in [-0.2, 0) is 16.1 Å². The third-order valence-corrected chi connectivity index (χ3v) is 5.85. The molecule has 3 aliphatic rings. The summed E-state index contributed by atoms with van der Waals surface area (Å²) in [4.78, 5) is 33.9. The van der Waals surface area contributed by atoms with E-state index in [4.69, 9.17) is 5.73 Å². The molecule has 0 bridgehead atoms. The smallest absolute Gasteiger partial charge is 0.253 e. The van der Waals surface area contributed by atoms with Crippen molar-refractivity contribution in [3.8, 4) is 0 Å². The van der Waals surface area contributed by atoms with Crippen molar-refractivity contribution in [3.63, 3.8) is 0 Å². The van der Waals surface area contributed by atoms with Gasteiger partial charge in [-0.2, -0.15) is 0 Å². The first-order chi connectivity index (χ1) is 15.3. The number of nitrogens with one attached hydrogen (secondary N) is 2. The van der Waals surface area contributed by atoms with Gasteiger partial charge in [-0.1, -0.05) is 36.4 Å². The molecule has 0 aliphatic carbocycles. The van der Waals surface area contributed by atoms with Gasteiger partial charge >= 0.3 is 0 Å². The summed E-state index contributed by atoms with van der Waals surface area (Å²) < 4.78 is 0. The average molecular weight is 441 g/mol. The quantitative estimate of drug-likeness (QED) is 0.394. The molecule has 2 amide bonds. The molecule has 1 saturated heterocycles. The Hall–Kier alpha value is -3.21. The molecule has 0 saturated carbocycles. The summed E-state index contributed by atoms with van der Waals surface area (Å²) >= 11 is 0. The van der Waals surface area contributed by atoms with Crippen molar-refractivity contribution >= 4 is 17.8 Å². The average Bonchev–Trinajstić information content (AvgIpc) is 2.78. The van der Waals surface area contributed by atoms with Gasteiger partial charge in [0.2, 0.25) is 0 Å². The lowest BCUT2D eigenvalue weighted by Gasteiger charge is -2.48. The lowest BCUT2D eigenvalue weighted by Crippen LogP contribution is -2.73. The monoisotopic (exact) mass is 440 g/mol. The molecule has 170 valence electrons. The van der Waals surface area contributed by atoms with E-state index in [0.29, 0.717) is 18.5 Å². The second-order valence-electron chi connectivity index (χ2n) is 8.21. The van der Waals surface area contributed by atoms with Crippen LogP contribution in [0.15, 0.2) is 59.4 Å². The summed E-state index contributed by atoms with van der Waals surface area (Å²) in [6.07, 6.45) is 2.86. The fourth-order valence-corrected chi connectivity index (χ4v) is 4.27. The molecule has 3 aliphatic heterocycles.